The van der Waals surface area contributed by atoms with Gasteiger partial charge in [-0.25, -0.2) is 0 Å². The molecule has 0 amide bonds. The molecule has 4 heteroatoms. The summed E-state index contributed by atoms with van der Waals surface area (Å²) in [7, 11) is 1.52. The molecule has 0 atom stereocenters. The lowest BCUT2D eigenvalue weighted by molar-refractivity contribution is 0.373. The number of hydrogen-bond donors (Lipinski definition) is 1. The van der Waals surface area contributed by atoms with E-state index in [0.29, 0.717) is 11.3 Å². The summed E-state index contributed by atoms with van der Waals surface area (Å²) in [5.74, 6) is 2.03. The molecular formula is C20H17NO3. The van der Waals surface area contributed by atoms with Gasteiger partial charge in [0.1, 0.15) is 11.5 Å². The lowest BCUT2D eigenvalue weighted by atomic mass is 10.2. The minimum absolute atomic E-state index is 0.0766. The van der Waals surface area contributed by atoms with Crippen LogP contribution >= 0.6 is 0 Å². The number of aliphatic imine (C=N–C) groups is 1. The highest BCUT2D eigenvalue weighted by molar-refractivity contribution is 5.86. The van der Waals surface area contributed by atoms with E-state index in [1.165, 1.54) is 7.11 Å². The highest BCUT2D eigenvalue weighted by Gasteiger charge is 2.04. The molecule has 3 aromatic carbocycles. The quantitative estimate of drug-likeness (QED) is 0.677. The molecule has 0 aliphatic rings. The summed E-state index contributed by atoms with van der Waals surface area (Å²) in [6.45, 7) is 0. The maximum Gasteiger partial charge on any atom is 0.166 e. The molecule has 3 rings (SSSR count). The van der Waals surface area contributed by atoms with Crippen molar-refractivity contribution in [3.8, 4) is 23.0 Å². The second kappa shape index (κ2) is 7.33. The monoisotopic (exact) mass is 319 g/mol. The zero-order valence-electron chi connectivity index (χ0n) is 13.2. The van der Waals surface area contributed by atoms with E-state index in [9.17, 15) is 5.11 Å². The molecule has 0 radical (unpaired) electrons. The van der Waals surface area contributed by atoms with E-state index in [1.807, 2.05) is 54.6 Å². The van der Waals surface area contributed by atoms with Crippen LogP contribution in [-0.2, 0) is 0 Å². The SMILES string of the molecule is COc1cccc(C=Nc2ccc(Oc3ccccc3)cc2)c1O. The number of phenolic OH excluding ortho intramolecular Hbond substituents is 1. The van der Waals surface area contributed by atoms with Crippen LogP contribution in [0.1, 0.15) is 5.56 Å². The highest BCUT2D eigenvalue weighted by atomic mass is 16.5. The van der Waals surface area contributed by atoms with Crippen molar-refractivity contribution in [1.29, 1.82) is 0 Å². The van der Waals surface area contributed by atoms with Crippen LogP contribution in [0.5, 0.6) is 23.0 Å². The Hall–Kier alpha value is -3.27. The predicted molar refractivity (Wildman–Crippen MR) is 94.9 cm³/mol. The highest BCUT2D eigenvalue weighted by Crippen LogP contribution is 2.29. The van der Waals surface area contributed by atoms with E-state index in [2.05, 4.69) is 4.99 Å². The Morgan fingerprint density at radius 3 is 2.25 bits per heavy atom. The van der Waals surface area contributed by atoms with E-state index in [0.717, 1.165) is 17.2 Å². The topological polar surface area (TPSA) is 51.0 Å². The molecule has 0 heterocycles. The van der Waals surface area contributed by atoms with Gasteiger partial charge in [-0.1, -0.05) is 24.3 Å². The van der Waals surface area contributed by atoms with Crippen molar-refractivity contribution in [2.75, 3.05) is 7.11 Å². The average molecular weight is 319 g/mol. The molecule has 0 spiro atoms. The molecule has 0 bridgehead atoms. The molecule has 3 aromatic rings. The average Bonchev–Trinajstić information content (AvgIpc) is 2.63. The van der Waals surface area contributed by atoms with Crippen LogP contribution in [-0.4, -0.2) is 18.4 Å². The van der Waals surface area contributed by atoms with Crippen molar-refractivity contribution >= 4 is 11.9 Å². The molecule has 4 nitrogen and oxygen atoms in total. The Labute approximate surface area is 140 Å². The number of ether oxygens (including phenoxy) is 2. The number of rotatable bonds is 5. The first-order valence-corrected chi connectivity index (χ1v) is 7.49. The summed E-state index contributed by atoms with van der Waals surface area (Å²) in [4.78, 5) is 4.36. The number of phenols is 1. The predicted octanol–water partition coefficient (Wildman–Crippen LogP) is 4.94. The minimum Gasteiger partial charge on any atom is -0.504 e. The Morgan fingerprint density at radius 1 is 0.833 bits per heavy atom. The summed E-state index contributed by atoms with van der Waals surface area (Å²) in [5.41, 5.74) is 1.36. The van der Waals surface area contributed by atoms with Gasteiger partial charge in [0.25, 0.3) is 0 Å². The summed E-state index contributed by atoms with van der Waals surface area (Å²) >= 11 is 0. The van der Waals surface area contributed by atoms with Crippen LogP contribution in [0.3, 0.4) is 0 Å². The number of hydrogen-bond acceptors (Lipinski definition) is 4. The zero-order valence-corrected chi connectivity index (χ0v) is 13.2. The first-order chi connectivity index (χ1) is 11.8. The fraction of sp³-hybridized carbons (Fsp3) is 0.0500. The van der Waals surface area contributed by atoms with Gasteiger partial charge in [-0.2, -0.15) is 0 Å². The van der Waals surface area contributed by atoms with Crippen LogP contribution in [0.2, 0.25) is 0 Å². The molecule has 0 saturated heterocycles. The second-order valence-corrected chi connectivity index (χ2v) is 5.07. The Bertz CT molecular complexity index is 827. The third kappa shape index (κ3) is 3.73. The van der Waals surface area contributed by atoms with Gasteiger partial charge in [0.2, 0.25) is 0 Å². The van der Waals surface area contributed by atoms with Crippen molar-refractivity contribution < 1.29 is 14.6 Å². The molecule has 0 aliphatic carbocycles. The molecule has 120 valence electrons. The van der Waals surface area contributed by atoms with Gasteiger partial charge in [0.15, 0.2) is 11.5 Å². The summed E-state index contributed by atoms with van der Waals surface area (Å²) in [6.07, 6.45) is 1.60. The second-order valence-electron chi connectivity index (χ2n) is 5.07. The molecule has 0 unspecified atom stereocenters. The van der Waals surface area contributed by atoms with Gasteiger partial charge in [0, 0.05) is 11.8 Å². The lowest BCUT2D eigenvalue weighted by Crippen LogP contribution is -1.88. The van der Waals surface area contributed by atoms with Gasteiger partial charge in [0.05, 0.1) is 12.8 Å². The van der Waals surface area contributed by atoms with Crippen LogP contribution in [0, 0.1) is 0 Å². The fourth-order valence-corrected chi connectivity index (χ4v) is 2.18. The Balaban J connectivity index is 1.72. The van der Waals surface area contributed by atoms with Gasteiger partial charge >= 0.3 is 0 Å². The summed E-state index contributed by atoms with van der Waals surface area (Å²) in [6, 6.07) is 22.3. The number of benzene rings is 3. The normalized spacial score (nSPS) is 10.7. The van der Waals surface area contributed by atoms with Gasteiger partial charge in [-0.15, -0.1) is 0 Å². The standard InChI is InChI=1S/C20H17NO3/c1-23-19-9-5-6-15(20(19)22)14-21-16-10-12-18(13-11-16)24-17-7-3-2-4-8-17/h2-14,22H,1H3. The van der Waals surface area contributed by atoms with Crippen LogP contribution in [0.15, 0.2) is 77.8 Å². The van der Waals surface area contributed by atoms with Crippen LogP contribution in [0.25, 0.3) is 0 Å². The van der Waals surface area contributed by atoms with E-state index < -0.39 is 0 Å². The molecule has 0 fully saturated rings. The maximum absolute atomic E-state index is 10.0. The van der Waals surface area contributed by atoms with E-state index in [4.69, 9.17) is 9.47 Å². The number of para-hydroxylation sites is 2. The maximum atomic E-state index is 10.0. The van der Waals surface area contributed by atoms with Gasteiger partial charge < -0.3 is 14.6 Å². The Kier molecular flexibility index (Phi) is 4.77. The molecule has 0 aliphatic heterocycles. The summed E-state index contributed by atoms with van der Waals surface area (Å²) in [5, 5.41) is 10.0. The number of methoxy groups -OCH3 is 1. The first-order valence-electron chi connectivity index (χ1n) is 7.49. The van der Waals surface area contributed by atoms with Gasteiger partial charge in [-0.3, -0.25) is 4.99 Å². The molecule has 0 saturated carbocycles. The Morgan fingerprint density at radius 2 is 1.54 bits per heavy atom. The van der Waals surface area contributed by atoms with E-state index in [1.54, 1.807) is 24.4 Å². The first kappa shape index (κ1) is 15.6. The van der Waals surface area contributed by atoms with E-state index >= 15 is 0 Å². The smallest absolute Gasteiger partial charge is 0.166 e. The third-order valence-electron chi connectivity index (χ3n) is 3.42. The van der Waals surface area contributed by atoms with Crippen molar-refractivity contribution in [2.45, 2.75) is 0 Å². The lowest BCUT2D eigenvalue weighted by Gasteiger charge is -2.06. The van der Waals surface area contributed by atoms with Crippen LogP contribution < -0.4 is 9.47 Å². The summed E-state index contributed by atoms with van der Waals surface area (Å²) < 4.78 is 10.8. The van der Waals surface area contributed by atoms with E-state index in [-0.39, 0.29) is 5.75 Å². The number of aromatic hydroxyl groups is 1. The van der Waals surface area contributed by atoms with Crippen molar-refractivity contribution in [2.24, 2.45) is 4.99 Å². The molecular weight excluding hydrogens is 302 g/mol. The molecule has 1 N–H and O–H groups in total. The minimum atomic E-state index is 0.0766. The zero-order chi connectivity index (χ0) is 16.8. The molecule has 24 heavy (non-hydrogen) atoms. The van der Waals surface area contributed by atoms with Crippen molar-refractivity contribution in [1.82, 2.24) is 0 Å². The molecule has 0 aromatic heterocycles. The van der Waals surface area contributed by atoms with Gasteiger partial charge in [-0.05, 0) is 48.5 Å². The van der Waals surface area contributed by atoms with Crippen molar-refractivity contribution in [3.63, 3.8) is 0 Å². The van der Waals surface area contributed by atoms with Crippen molar-refractivity contribution in [3.05, 3.63) is 78.4 Å². The largest absolute Gasteiger partial charge is 0.504 e. The number of nitrogens with zero attached hydrogens (tertiary/aromatic N) is 1. The third-order valence-corrected chi connectivity index (χ3v) is 3.42. The fourth-order valence-electron chi connectivity index (χ4n) is 2.18. The van der Waals surface area contributed by atoms with Crippen LogP contribution in [0.4, 0.5) is 5.69 Å².